The third-order valence-corrected chi connectivity index (χ3v) is 4.86. The largest absolute Gasteiger partial charge is 0.494 e. The van der Waals surface area contributed by atoms with Gasteiger partial charge in [-0.3, -0.25) is 10.1 Å². The zero-order valence-corrected chi connectivity index (χ0v) is 19.2. The SMILES string of the molecule is CCC/C=C/C(C(=O)Nc1nnc(OC)s1)=C(\C=C(C)C)c1cc(Cl)ncc1OC. The fourth-order valence-electron chi connectivity index (χ4n) is 2.54. The van der Waals surface area contributed by atoms with Crippen molar-refractivity contribution < 1.29 is 14.3 Å². The van der Waals surface area contributed by atoms with Crippen LogP contribution in [0.5, 0.6) is 10.9 Å². The minimum atomic E-state index is -0.330. The van der Waals surface area contributed by atoms with Crippen molar-refractivity contribution in [3.05, 3.63) is 52.4 Å². The van der Waals surface area contributed by atoms with E-state index in [2.05, 4.69) is 27.4 Å². The highest BCUT2D eigenvalue weighted by molar-refractivity contribution is 7.17. The topological polar surface area (TPSA) is 86.2 Å². The molecule has 9 heteroatoms. The summed E-state index contributed by atoms with van der Waals surface area (Å²) in [6.45, 7) is 5.98. The number of aromatic nitrogens is 3. The predicted molar refractivity (Wildman–Crippen MR) is 121 cm³/mol. The Labute approximate surface area is 185 Å². The van der Waals surface area contributed by atoms with Gasteiger partial charge in [0.25, 0.3) is 11.1 Å². The van der Waals surface area contributed by atoms with Crippen molar-refractivity contribution in [3.8, 4) is 10.9 Å². The van der Waals surface area contributed by atoms with Crippen molar-refractivity contribution in [1.29, 1.82) is 0 Å². The van der Waals surface area contributed by atoms with E-state index in [-0.39, 0.29) is 5.91 Å². The van der Waals surface area contributed by atoms with Crippen LogP contribution in [0.25, 0.3) is 5.57 Å². The zero-order valence-electron chi connectivity index (χ0n) is 17.7. The standard InChI is InChI=1S/C21H25ClN4O3S/c1-6-7-8-9-14(19(27)24-20-25-26-21(29-5)30-20)15(10-13(2)3)16-11-18(22)23-12-17(16)28-4/h8-12H,6-7H2,1-5H3,(H,24,25,27)/b9-8+,15-14-. The van der Waals surface area contributed by atoms with Gasteiger partial charge in [0.15, 0.2) is 0 Å². The van der Waals surface area contributed by atoms with E-state index in [0.29, 0.717) is 37.9 Å². The van der Waals surface area contributed by atoms with Gasteiger partial charge < -0.3 is 9.47 Å². The summed E-state index contributed by atoms with van der Waals surface area (Å²) in [5.74, 6) is 0.183. The Balaban J connectivity index is 2.65. The van der Waals surface area contributed by atoms with Gasteiger partial charge in [0.1, 0.15) is 10.9 Å². The molecule has 0 saturated heterocycles. The summed E-state index contributed by atoms with van der Waals surface area (Å²) in [4.78, 5) is 17.3. The van der Waals surface area contributed by atoms with Gasteiger partial charge in [-0.2, -0.15) is 0 Å². The number of nitrogens with one attached hydrogen (secondary N) is 1. The average Bonchev–Trinajstić information content (AvgIpc) is 3.17. The lowest BCUT2D eigenvalue weighted by atomic mass is 9.96. The molecule has 0 radical (unpaired) electrons. The Hall–Kier alpha value is -2.71. The molecule has 0 saturated carbocycles. The van der Waals surface area contributed by atoms with E-state index in [1.807, 2.05) is 26.0 Å². The number of ether oxygens (including phenoxy) is 2. The van der Waals surface area contributed by atoms with Crippen LogP contribution in [0.4, 0.5) is 5.13 Å². The molecule has 1 amide bonds. The molecule has 0 aliphatic carbocycles. The number of methoxy groups -OCH3 is 2. The number of pyridine rings is 1. The molecule has 0 bridgehead atoms. The average molecular weight is 449 g/mol. The molecule has 2 rings (SSSR count). The Morgan fingerprint density at radius 3 is 2.63 bits per heavy atom. The molecular weight excluding hydrogens is 424 g/mol. The maximum Gasteiger partial charge on any atom is 0.295 e. The molecule has 2 heterocycles. The summed E-state index contributed by atoms with van der Waals surface area (Å²) in [7, 11) is 3.05. The highest BCUT2D eigenvalue weighted by Crippen LogP contribution is 2.33. The van der Waals surface area contributed by atoms with Crippen molar-refractivity contribution in [1.82, 2.24) is 15.2 Å². The van der Waals surface area contributed by atoms with E-state index in [1.54, 1.807) is 19.3 Å². The second kappa shape index (κ2) is 11.5. The van der Waals surface area contributed by atoms with E-state index in [0.717, 1.165) is 29.8 Å². The smallest absolute Gasteiger partial charge is 0.295 e. The first kappa shape index (κ1) is 23.6. The van der Waals surface area contributed by atoms with Gasteiger partial charge in [-0.25, -0.2) is 4.98 Å². The molecule has 30 heavy (non-hydrogen) atoms. The molecule has 0 aliphatic heterocycles. The van der Waals surface area contributed by atoms with Gasteiger partial charge in [0.2, 0.25) is 5.13 Å². The van der Waals surface area contributed by atoms with Crippen LogP contribution in [0.1, 0.15) is 39.2 Å². The lowest BCUT2D eigenvalue weighted by molar-refractivity contribution is -0.112. The van der Waals surface area contributed by atoms with Gasteiger partial charge >= 0.3 is 0 Å². The van der Waals surface area contributed by atoms with Crippen LogP contribution in [-0.2, 0) is 4.79 Å². The number of carbonyl (C=O) groups excluding carboxylic acids is 1. The summed E-state index contributed by atoms with van der Waals surface area (Å²) >= 11 is 7.30. The van der Waals surface area contributed by atoms with Crippen LogP contribution >= 0.6 is 22.9 Å². The second-order valence-electron chi connectivity index (χ2n) is 6.48. The molecule has 2 aromatic heterocycles. The Kier molecular flexibility index (Phi) is 9.01. The summed E-state index contributed by atoms with van der Waals surface area (Å²) in [6, 6.07) is 1.68. The fraction of sp³-hybridized carbons (Fsp3) is 0.333. The number of halogens is 1. The van der Waals surface area contributed by atoms with Crippen molar-refractivity contribution in [2.45, 2.75) is 33.6 Å². The third kappa shape index (κ3) is 6.40. The lowest BCUT2D eigenvalue weighted by Crippen LogP contribution is -2.15. The van der Waals surface area contributed by atoms with Crippen molar-refractivity contribution in [2.24, 2.45) is 0 Å². The van der Waals surface area contributed by atoms with Crippen LogP contribution in [0.3, 0.4) is 0 Å². The fourth-order valence-corrected chi connectivity index (χ4v) is 3.26. The van der Waals surface area contributed by atoms with Crippen molar-refractivity contribution in [3.63, 3.8) is 0 Å². The highest BCUT2D eigenvalue weighted by Gasteiger charge is 2.19. The molecule has 0 unspecified atom stereocenters. The Morgan fingerprint density at radius 2 is 2.03 bits per heavy atom. The van der Waals surface area contributed by atoms with E-state index in [4.69, 9.17) is 21.1 Å². The number of amides is 1. The van der Waals surface area contributed by atoms with Gasteiger partial charge in [-0.15, -0.1) is 5.10 Å². The summed E-state index contributed by atoms with van der Waals surface area (Å²) in [5.41, 5.74) is 2.78. The molecule has 0 aliphatic rings. The number of hydrogen-bond acceptors (Lipinski definition) is 7. The predicted octanol–water partition coefficient (Wildman–Crippen LogP) is 5.32. The van der Waals surface area contributed by atoms with Crippen LogP contribution in [-0.4, -0.2) is 35.3 Å². The van der Waals surface area contributed by atoms with Gasteiger partial charge in [0, 0.05) is 11.1 Å². The number of nitrogens with zero attached hydrogens (tertiary/aromatic N) is 3. The number of anilines is 1. The first-order valence-electron chi connectivity index (χ1n) is 9.34. The number of carbonyl (C=O) groups is 1. The van der Waals surface area contributed by atoms with Crippen LogP contribution in [0.15, 0.2) is 41.6 Å². The number of allylic oxidation sites excluding steroid dienone is 4. The summed E-state index contributed by atoms with van der Waals surface area (Å²) < 4.78 is 10.5. The molecule has 0 aromatic carbocycles. The van der Waals surface area contributed by atoms with Crippen molar-refractivity contribution in [2.75, 3.05) is 19.5 Å². The molecule has 0 fully saturated rings. The second-order valence-corrected chi connectivity index (χ2v) is 7.81. The number of rotatable bonds is 9. The number of hydrogen-bond donors (Lipinski definition) is 1. The summed E-state index contributed by atoms with van der Waals surface area (Å²) in [5, 5.41) is 11.6. The number of unbranched alkanes of at least 4 members (excludes halogenated alkanes) is 1. The minimum absolute atomic E-state index is 0.302. The third-order valence-electron chi connectivity index (χ3n) is 3.85. The van der Waals surface area contributed by atoms with Crippen LogP contribution in [0.2, 0.25) is 5.15 Å². The highest BCUT2D eigenvalue weighted by atomic mass is 35.5. The van der Waals surface area contributed by atoms with Crippen molar-refractivity contribution >= 4 is 39.5 Å². The van der Waals surface area contributed by atoms with Gasteiger partial charge in [0.05, 0.1) is 20.4 Å². The minimum Gasteiger partial charge on any atom is -0.494 e. The lowest BCUT2D eigenvalue weighted by Gasteiger charge is -2.14. The normalized spacial score (nSPS) is 11.8. The van der Waals surface area contributed by atoms with E-state index < -0.39 is 0 Å². The molecule has 1 N–H and O–H groups in total. The molecule has 160 valence electrons. The Bertz CT molecular complexity index is 978. The first-order valence-corrected chi connectivity index (χ1v) is 10.5. The summed E-state index contributed by atoms with van der Waals surface area (Å²) in [6.07, 6.45) is 9.02. The first-order chi connectivity index (χ1) is 14.4. The van der Waals surface area contributed by atoms with Gasteiger partial charge in [-0.05, 0) is 43.2 Å². The van der Waals surface area contributed by atoms with Crippen LogP contribution in [0, 0.1) is 0 Å². The van der Waals surface area contributed by atoms with E-state index >= 15 is 0 Å². The molecule has 7 nitrogen and oxygen atoms in total. The maximum absolute atomic E-state index is 13.2. The van der Waals surface area contributed by atoms with Gasteiger partial charge in [-0.1, -0.05) is 53.8 Å². The molecule has 0 spiro atoms. The Morgan fingerprint density at radius 1 is 1.27 bits per heavy atom. The molecule has 0 atom stereocenters. The quantitative estimate of drug-likeness (QED) is 0.317. The van der Waals surface area contributed by atoms with E-state index in [1.165, 1.54) is 13.3 Å². The molecule has 2 aromatic rings. The van der Waals surface area contributed by atoms with E-state index in [9.17, 15) is 4.79 Å². The monoisotopic (exact) mass is 448 g/mol. The zero-order chi connectivity index (χ0) is 22.1. The van der Waals surface area contributed by atoms with Crippen LogP contribution < -0.4 is 14.8 Å². The molecular formula is C21H25ClN4O3S. The maximum atomic E-state index is 13.2.